The Hall–Kier alpha value is -2.04. The Bertz CT molecular complexity index is 461. The highest BCUT2D eigenvalue weighted by molar-refractivity contribution is 5.83. The lowest BCUT2D eigenvalue weighted by Gasteiger charge is -2.21. The summed E-state index contributed by atoms with van der Waals surface area (Å²) < 4.78 is 0. The van der Waals surface area contributed by atoms with Crippen LogP contribution in [0.25, 0.3) is 0 Å². The Kier molecular flexibility index (Phi) is 4.98. The van der Waals surface area contributed by atoms with Gasteiger partial charge in [0.15, 0.2) is 0 Å². The number of nitrogens with one attached hydrogen (secondary N) is 1. The molecule has 1 aromatic carbocycles. The van der Waals surface area contributed by atoms with Crippen LogP contribution in [0.2, 0.25) is 0 Å². The maximum absolute atomic E-state index is 11.9. The van der Waals surface area contributed by atoms with Gasteiger partial charge >= 0.3 is 12.0 Å². The van der Waals surface area contributed by atoms with E-state index in [0.29, 0.717) is 19.5 Å². The molecule has 2 amide bonds. The Balaban J connectivity index is 1.71. The van der Waals surface area contributed by atoms with Crippen LogP contribution in [0.15, 0.2) is 30.3 Å². The van der Waals surface area contributed by atoms with E-state index in [2.05, 4.69) is 17.4 Å². The van der Waals surface area contributed by atoms with Crippen LogP contribution in [0.1, 0.15) is 24.8 Å². The lowest BCUT2D eigenvalue weighted by molar-refractivity contribution is -0.141. The van der Waals surface area contributed by atoms with Crippen LogP contribution in [-0.4, -0.2) is 41.1 Å². The molecule has 5 nitrogen and oxygen atoms in total. The molecule has 2 N–H and O–H groups in total. The molecule has 1 aliphatic heterocycles. The molecule has 0 unspecified atom stereocenters. The Morgan fingerprint density at radius 2 is 2.05 bits per heavy atom. The van der Waals surface area contributed by atoms with Crippen molar-refractivity contribution in [1.82, 2.24) is 10.2 Å². The summed E-state index contributed by atoms with van der Waals surface area (Å²) >= 11 is 0. The largest absolute Gasteiger partial charge is 0.480 e. The molecule has 108 valence electrons. The number of carboxylic acids is 1. The summed E-state index contributed by atoms with van der Waals surface area (Å²) in [6.07, 6.45) is 3.06. The number of amides is 2. The normalized spacial score (nSPS) is 18.0. The van der Waals surface area contributed by atoms with Crippen molar-refractivity contribution in [3.05, 3.63) is 35.9 Å². The number of aliphatic carboxylic acids is 1. The summed E-state index contributed by atoms with van der Waals surface area (Å²) in [4.78, 5) is 24.4. The monoisotopic (exact) mass is 276 g/mol. The zero-order valence-electron chi connectivity index (χ0n) is 11.4. The van der Waals surface area contributed by atoms with Crippen LogP contribution >= 0.6 is 0 Å². The van der Waals surface area contributed by atoms with Gasteiger partial charge in [0.2, 0.25) is 0 Å². The molecule has 1 saturated heterocycles. The molecule has 20 heavy (non-hydrogen) atoms. The number of carbonyl (C=O) groups is 2. The highest BCUT2D eigenvalue weighted by atomic mass is 16.4. The topological polar surface area (TPSA) is 69.6 Å². The lowest BCUT2D eigenvalue weighted by Crippen LogP contribution is -2.46. The molecule has 0 radical (unpaired) electrons. The van der Waals surface area contributed by atoms with Gasteiger partial charge in [-0.05, 0) is 31.2 Å². The van der Waals surface area contributed by atoms with Crippen LogP contribution in [0.5, 0.6) is 0 Å². The number of likely N-dealkylation sites (tertiary alicyclic amines) is 1. The van der Waals surface area contributed by atoms with Crippen LogP contribution < -0.4 is 5.32 Å². The Morgan fingerprint density at radius 1 is 1.30 bits per heavy atom. The number of nitrogens with zero attached hydrogens (tertiary/aromatic N) is 1. The second kappa shape index (κ2) is 6.93. The molecular formula is C15H20N2O3. The van der Waals surface area contributed by atoms with E-state index in [0.717, 1.165) is 19.3 Å². The number of carbonyl (C=O) groups excluding carboxylic acids is 1. The molecule has 5 heteroatoms. The summed E-state index contributed by atoms with van der Waals surface area (Å²) in [5.74, 6) is -0.915. The minimum absolute atomic E-state index is 0.261. The summed E-state index contributed by atoms with van der Waals surface area (Å²) in [5, 5.41) is 11.8. The van der Waals surface area contributed by atoms with Gasteiger partial charge < -0.3 is 15.3 Å². The summed E-state index contributed by atoms with van der Waals surface area (Å²) in [7, 11) is 0. The van der Waals surface area contributed by atoms with Crippen molar-refractivity contribution in [1.29, 1.82) is 0 Å². The summed E-state index contributed by atoms with van der Waals surface area (Å²) in [6.45, 7) is 1.10. The third-order valence-electron chi connectivity index (χ3n) is 3.56. The molecule has 0 saturated carbocycles. The van der Waals surface area contributed by atoms with Crippen molar-refractivity contribution in [2.75, 3.05) is 13.1 Å². The van der Waals surface area contributed by atoms with Gasteiger partial charge in [-0.3, -0.25) is 0 Å². The minimum atomic E-state index is -0.915. The maximum atomic E-state index is 11.9. The van der Waals surface area contributed by atoms with E-state index in [9.17, 15) is 9.59 Å². The van der Waals surface area contributed by atoms with E-state index in [-0.39, 0.29) is 6.03 Å². The standard InChI is InChI=1S/C15H20N2O3/c18-14(19)13-9-5-11-17(13)15(20)16-10-4-8-12-6-2-1-3-7-12/h1-3,6-7,13H,4-5,8-11H2,(H,16,20)(H,18,19)/t13-/m0/s1. The van der Waals surface area contributed by atoms with E-state index >= 15 is 0 Å². The third-order valence-corrected chi connectivity index (χ3v) is 3.56. The molecule has 0 aromatic heterocycles. The van der Waals surface area contributed by atoms with Crippen molar-refractivity contribution >= 4 is 12.0 Å². The van der Waals surface area contributed by atoms with E-state index in [1.165, 1.54) is 10.5 Å². The molecule has 1 fully saturated rings. The van der Waals surface area contributed by atoms with Gasteiger partial charge in [-0.1, -0.05) is 30.3 Å². The first-order valence-corrected chi connectivity index (χ1v) is 6.99. The molecule has 1 aliphatic rings. The first-order chi connectivity index (χ1) is 9.68. The summed E-state index contributed by atoms with van der Waals surface area (Å²) in [5.41, 5.74) is 1.24. The van der Waals surface area contributed by atoms with Crippen molar-refractivity contribution in [3.8, 4) is 0 Å². The number of aryl methyl sites for hydroxylation is 1. The molecule has 0 bridgehead atoms. The lowest BCUT2D eigenvalue weighted by atomic mass is 10.1. The van der Waals surface area contributed by atoms with E-state index < -0.39 is 12.0 Å². The number of hydrogen-bond donors (Lipinski definition) is 2. The van der Waals surface area contributed by atoms with Crippen LogP contribution in [0.3, 0.4) is 0 Å². The van der Waals surface area contributed by atoms with Crippen LogP contribution in [-0.2, 0) is 11.2 Å². The third kappa shape index (κ3) is 3.73. The van der Waals surface area contributed by atoms with Gasteiger partial charge in [-0.15, -0.1) is 0 Å². The SMILES string of the molecule is O=C(O)[C@@H]1CCCN1C(=O)NCCCc1ccccc1. The molecule has 2 rings (SSSR count). The van der Waals surface area contributed by atoms with Gasteiger partial charge in [0.1, 0.15) is 6.04 Å². The fourth-order valence-electron chi connectivity index (χ4n) is 2.50. The molecular weight excluding hydrogens is 256 g/mol. The average molecular weight is 276 g/mol. The smallest absolute Gasteiger partial charge is 0.326 e. The van der Waals surface area contributed by atoms with E-state index in [1.807, 2.05) is 18.2 Å². The molecule has 1 atom stereocenters. The first kappa shape index (κ1) is 14.4. The van der Waals surface area contributed by atoms with E-state index in [1.54, 1.807) is 0 Å². The fraction of sp³-hybridized carbons (Fsp3) is 0.467. The molecule has 1 aromatic rings. The van der Waals surface area contributed by atoms with Crippen LogP contribution in [0, 0.1) is 0 Å². The number of benzene rings is 1. The zero-order chi connectivity index (χ0) is 14.4. The molecule has 1 heterocycles. The summed E-state index contributed by atoms with van der Waals surface area (Å²) in [6, 6.07) is 9.16. The van der Waals surface area contributed by atoms with Gasteiger partial charge in [-0.25, -0.2) is 9.59 Å². The molecule has 0 aliphatic carbocycles. The van der Waals surface area contributed by atoms with Crippen molar-refractivity contribution in [3.63, 3.8) is 0 Å². The predicted octanol–water partition coefficient (Wildman–Crippen LogP) is 1.88. The van der Waals surface area contributed by atoms with E-state index in [4.69, 9.17) is 5.11 Å². The number of urea groups is 1. The van der Waals surface area contributed by atoms with Gasteiger partial charge in [0, 0.05) is 13.1 Å². The van der Waals surface area contributed by atoms with Crippen LogP contribution in [0.4, 0.5) is 4.79 Å². The zero-order valence-corrected chi connectivity index (χ0v) is 11.4. The first-order valence-electron chi connectivity index (χ1n) is 6.99. The Labute approximate surface area is 118 Å². The van der Waals surface area contributed by atoms with Crippen molar-refractivity contribution < 1.29 is 14.7 Å². The van der Waals surface area contributed by atoms with Gasteiger partial charge in [0.25, 0.3) is 0 Å². The van der Waals surface area contributed by atoms with Crippen molar-refractivity contribution in [2.24, 2.45) is 0 Å². The number of hydrogen-bond acceptors (Lipinski definition) is 2. The minimum Gasteiger partial charge on any atom is -0.480 e. The number of carboxylic acid groups (broad SMARTS) is 1. The number of rotatable bonds is 5. The molecule has 0 spiro atoms. The van der Waals surface area contributed by atoms with Gasteiger partial charge in [0.05, 0.1) is 0 Å². The second-order valence-corrected chi connectivity index (χ2v) is 5.01. The quantitative estimate of drug-likeness (QED) is 0.807. The average Bonchev–Trinajstić information content (AvgIpc) is 2.94. The maximum Gasteiger partial charge on any atom is 0.326 e. The Morgan fingerprint density at radius 3 is 2.75 bits per heavy atom. The van der Waals surface area contributed by atoms with Gasteiger partial charge in [-0.2, -0.15) is 0 Å². The second-order valence-electron chi connectivity index (χ2n) is 5.01. The fourth-order valence-corrected chi connectivity index (χ4v) is 2.50. The highest BCUT2D eigenvalue weighted by Crippen LogP contribution is 2.17. The van der Waals surface area contributed by atoms with Crippen molar-refractivity contribution in [2.45, 2.75) is 31.7 Å². The highest BCUT2D eigenvalue weighted by Gasteiger charge is 2.33. The predicted molar refractivity (Wildman–Crippen MR) is 75.5 cm³/mol.